The number of allylic oxidation sites excluding steroid dienone is 5. The van der Waals surface area contributed by atoms with E-state index in [-0.39, 0.29) is 0 Å². The van der Waals surface area contributed by atoms with Crippen molar-refractivity contribution in [3.63, 3.8) is 0 Å². The standard InChI is InChI=1S/C9H10F4/c1-6(2)4-5-8(10)7(3)9(11,12)13/h4-5H,3H2,1-2H3/b8-5+. The fraction of sp³-hybridized carbons (Fsp3) is 0.333. The highest BCUT2D eigenvalue weighted by Gasteiger charge is 2.34. The Labute approximate surface area is 74.3 Å². The van der Waals surface area contributed by atoms with Gasteiger partial charge in [0.25, 0.3) is 0 Å². The van der Waals surface area contributed by atoms with Crippen molar-refractivity contribution in [2.45, 2.75) is 20.0 Å². The topological polar surface area (TPSA) is 0 Å². The van der Waals surface area contributed by atoms with Crippen LogP contribution in [-0.2, 0) is 0 Å². The first-order valence-corrected chi connectivity index (χ1v) is 3.52. The van der Waals surface area contributed by atoms with Gasteiger partial charge in [-0.3, -0.25) is 0 Å². The molecule has 0 nitrogen and oxygen atoms in total. The monoisotopic (exact) mass is 194 g/mol. The average Bonchev–Trinajstić information content (AvgIpc) is 1.96. The van der Waals surface area contributed by atoms with Crippen LogP contribution in [0.15, 0.2) is 35.7 Å². The third kappa shape index (κ3) is 4.50. The third-order valence-corrected chi connectivity index (χ3v) is 1.19. The normalized spacial score (nSPS) is 12.6. The second-order valence-electron chi connectivity index (χ2n) is 2.73. The van der Waals surface area contributed by atoms with E-state index in [1.807, 2.05) is 0 Å². The highest BCUT2D eigenvalue weighted by molar-refractivity contribution is 5.30. The van der Waals surface area contributed by atoms with Crippen LogP contribution in [-0.4, -0.2) is 6.18 Å². The molecule has 0 aliphatic rings. The lowest BCUT2D eigenvalue weighted by molar-refractivity contribution is -0.0906. The fourth-order valence-corrected chi connectivity index (χ4v) is 0.476. The zero-order valence-electron chi connectivity index (χ0n) is 7.37. The molecule has 74 valence electrons. The molecule has 0 bridgehead atoms. The first kappa shape index (κ1) is 11.9. The quantitative estimate of drug-likeness (QED) is 0.461. The Hall–Kier alpha value is -1.06. The number of hydrogen-bond acceptors (Lipinski definition) is 0. The van der Waals surface area contributed by atoms with Gasteiger partial charge in [0, 0.05) is 0 Å². The lowest BCUT2D eigenvalue weighted by Gasteiger charge is -2.06. The van der Waals surface area contributed by atoms with E-state index >= 15 is 0 Å². The maximum Gasteiger partial charge on any atom is 0.418 e. The van der Waals surface area contributed by atoms with Gasteiger partial charge in [0.2, 0.25) is 0 Å². The van der Waals surface area contributed by atoms with Crippen molar-refractivity contribution in [3.8, 4) is 0 Å². The van der Waals surface area contributed by atoms with Gasteiger partial charge in [0.1, 0.15) is 5.83 Å². The van der Waals surface area contributed by atoms with Crippen molar-refractivity contribution in [2.24, 2.45) is 0 Å². The Morgan fingerprint density at radius 3 is 1.92 bits per heavy atom. The van der Waals surface area contributed by atoms with Gasteiger partial charge in [-0.15, -0.1) is 0 Å². The molecule has 0 fully saturated rings. The largest absolute Gasteiger partial charge is 0.418 e. The van der Waals surface area contributed by atoms with Crippen LogP contribution in [0.3, 0.4) is 0 Å². The van der Waals surface area contributed by atoms with Gasteiger partial charge in [-0.25, -0.2) is 4.39 Å². The molecule has 0 atom stereocenters. The summed E-state index contributed by atoms with van der Waals surface area (Å²) < 4.78 is 48.1. The van der Waals surface area contributed by atoms with Gasteiger partial charge in [0.15, 0.2) is 0 Å². The van der Waals surface area contributed by atoms with Crippen molar-refractivity contribution < 1.29 is 17.6 Å². The Bertz CT molecular complexity index is 251. The highest BCUT2D eigenvalue weighted by Crippen LogP contribution is 2.30. The molecule has 0 saturated heterocycles. The van der Waals surface area contributed by atoms with Gasteiger partial charge >= 0.3 is 6.18 Å². The Balaban J connectivity index is 4.63. The third-order valence-electron chi connectivity index (χ3n) is 1.19. The van der Waals surface area contributed by atoms with E-state index in [1.54, 1.807) is 13.8 Å². The summed E-state index contributed by atoms with van der Waals surface area (Å²) in [6.45, 7) is 5.91. The maximum absolute atomic E-state index is 12.6. The maximum atomic E-state index is 12.6. The molecule has 13 heavy (non-hydrogen) atoms. The van der Waals surface area contributed by atoms with E-state index in [0.717, 1.165) is 6.08 Å². The highest BCUT2D eigenvalue weighted by atomic mass is 19.4. The SMILES string of the molecule is C=C(/C(F)=C\C=C(C)C)C(F)(F)F. The van der Waals surface area contributed by atoms with E-state index in [4.69, 9.17) is 0 Å². The second-order valence-corrected chi connectivity index (χ2v) is 2.73. The smallest absolute Gasteiger partial charge is 0.206 e. The summed E-state index contributed by atoms with van der Waals surface area (Å²) in [5.74, 6) is -1.35. The minimum atomic E-state index is -4.70. The predicted octanol–water partition coefficient (Wildman–Crippen LogP) is 3.92. The van der Waals surface area contributed by atoms with Gasteiger partial charge in [-0.05, 0) is 19.9 Å². The van der Waals surface area contributed by atoms with E-state index in [9.17, 15) is 17.6 Å². The summed E-state index contributed by atoms with van der Waals surface area (Å²) in [7, 11) is 0. The molecule has 0 N–H and O–H groups in total. The molecule has 0 aliphatic carbocycles. The van der Waals surface area contributed by atoms with Crippen LogP contribution < -0.4 is 0 Å². The molecule has 0 aromatic heterocycles. The second kappa shape index (κ2) is 4.25. The zero-order chi connectivity index (χ0) is 10.6. The zero-order valence-corrected chi connectivity index (χ0v) is 7.37. The van der Waals surface area contributed by atoms with E-state index in [0.29, 0.717) is 5.57 Å². The van der Waals surface area contributed by atoms with Crippen LogP contribution in [0.2, 0.25) is 0 Å². The number of rotatable bonds is 2. The summed E-state index contributed by atoms with van der Waals surface area (Å²) >= 11 is 0. The van der Waals surface area contributed by atoms with Crippen molar-refractivity contribution in [1.29, 1.82) is 0 Å². The molecule has 0 rings (SSSR count). The minimum absolute atomic E-state index is 0.713. The summed E-state index contributed by atoms with van der Waals surface area (Å²) in [5, 5.41) is 0. The predicted molar refractivity (Wildman–Crippen MR) is 43.8 cm³/mol. The van der Waals surface area contributed by atoms with E-state index in [2.05, 4.69) is 6.58 Å². The lowest BCUT2D eigenvalue weighted by Crippen LogP contribution is -2.10. The Kier molecular flexibility index (Phi) is 3.91. The van der Waals surface area contributed by atoms with E-state index < -0.39 is 17.6 Å². The Morgan fingerprint density at radius 2 is 1.62 bits per heavy atom. The van der Waals surface area contributed by atoms with Gasteiger partial charge < -0.3 is 0 Å². The molecule has 0 unspecified atom stereocenters. The van der Waals surface area contributed by atoms with Crippen molar-refractivity contribution in [3.05, 3.63) is 35.7 Å². The molecule has 0 aliphatic heterocycles. The minimum Gasteiger partial charge on any atom is -0.206 e. The molecule has 0 amide bonds. The molecule has 0 aromatic rings. The molecule has 0 spiro atoms. The molecule has 0 heterocycles. The number of halogens is 4. The first-order valence-electron chi connectivity index (χ1n) is 3.52. The van der Waals surface area contributed by atoms with Gasteiger partial charge in [0.05, 0.1) is 5.57 Å². The van der Waals surface area contributed by atoms with Crippen molar-refractivity contribution in [2.75, 3.05) is 0 Å². The van der Waals surface area contributed by atoms with Crippen molar-refractivity contribution in [1.82, 2.24) is 0 Å². The number of hydrogen-bond donors (Lipinski definition) is 0. The summed E-state index contributed by atoms with van der Waals surface area (Å²) in [4.78, 5) is 0. The molecule has 0 saturated carbocycles. The summed E-state index contributed by atoms with van der Waals surface area (Å²) in [6.07, 6.45) is -2.69. The van der Waals surface area contributed by atoms with Crippen LogP contribution in [0.5, 0.6) is 0 Å². The molecular weight excluding hydrogens is 184 g/mol. The van der Waals surface area contributed by atoms with Crippen LogP contribution >= 0.6 is 0 Å². The average molecular weight is 194 g/mol. The Morgan fingerprint density at radius 1 is 1.15 bits per heavy atom. The van der Waals surface area contributed by atoms with Gasteiger partial charge in [-0.1, -0.05) is 18.2 Å². The first-order chi connectivity index (χ1) is 5.75. The van der Waals surface area contributed by atoms with E-state index in [1.165, 1.54) is 6.08 Å². The van der Waals surface area contributed by atoms with Crippen LogP contribution in [0, 0.1) is 0 Å². The molecule has 0 aromatic carbocycles. The molecular formula is C9H10F4. The van der Waals surface area contributed by atoms with Gasteiger partial charge in [-0.2, -0.15) is 13.2 Å². The van der Waals surface area contributed by atoms with Crippen LogP contribution in [0.25, 0.3) is 0 Å². The number of alkyl halides is 3. The van der Waals surface area contributed by atoms with Crippen LogP contribution in [0.4, 0.5) is 17.6 Å². The van der Waals surface area contributed by atoms with Crippen LogP contribution in [0.1, 0.15) is 13.8 Å². The molecule has 4 heteroatoms. The molecule has 0 radical (unpaired) electrons. The van der Waals surface area contributed by atoms with Crippen molar-refractivity contribution >= 4 is 0 Å². The fourth-order valence-electron chi connectivity index (χ4n) is 0.476. The summed E-state index contributed by atoms with van der Waals surface area (Å²) in [5.41, 5.74) is -0.741. The lowest BCUT2D eigenvalue weighted by atomic mass is 10.2. The summed E-state index contributed by atoms with van der Waals surface area (Å²) in [6, 6.07) is 0.